The normalized spacial score (nSPS) is 29.2. The Morgan fingerprint density at radius 1 is 0.750 bits per heavy atom. The van der Waals surface area contributed by atoms with E-state index in [4.69, 9.17) is 33.2 Å². The van der Waals surface area contributed by atoms with Gasteiger partial charge in [0.2, 0.25) is 13.6 Å². The highest BCUT2D eigenvalue weighted by molar-refractivity contribution is 5.53. The summed E-state index contributed by atoms with van der Waals surface area (Å²) in [6.45, 7) is 1.76. The van der Waals surface area contributed by atoms with E-state index in [9.17, 15) is 0 Å². The molecule has 2 unspecified atom stereocenters. The quantitative estimate of drug-likeness (QED) is 0.805. The van der Waals surface area contributed by atoms with Gasteiger partial charge in [-0.15, -0.1) is 0 Å². The molecule has 2 fully saturated rings. The van der Waals surface area contributed by atoms with E-state index in [1.54, 1.807) is 7.11 Å². The van der Waals surface area contributed by atoms with Crippen LogP contribution in [0.2, 0.25) is 0 Å². The molecule has 2 aromatic carbocycles. The van der Waals surface area contributed by atoms with Crippen LogP contribution in [-0.2, 0) is 9.47 Å². The first-order chi connectivity index (χ1) is 13.8. The van der Waals surface area contributed by atoms with Gasteiger partial charge in [-0.3, -0.25) is 0 Å². The Hall–Kier alpha value is -2.64. The van der Waals surface area contributed by atoms with Gasteiger partial charge in [0.1, 0.15) is 5.75 Å². The molecule has 4 heterocycles. The summed E-state index contributed by atoms with van der Waals surface area (Å²) in [5.74, 6) is 4.25. The summed E-state index contributed by atoms with van der Waals surface area (Å²) in [5, 5.41) is 0. The first-order valence-electron chi connectivity index (χ1n) is 9.42. The molecule has 0 aromatic heterocycles. The average Bonchev–Trinajstić information content (AvgIpc) is 3.49. The monoisotopic (exact) mass is 384 g/mol. The lowest BCUT2D eigenvalue weighted by Gasteiger charge is -2.19. The molecule has 2 saturated heterocycles. The minimum Gasteiger partial charge on any atom is -0.496 e. The standard InChI is InChI=1S/C21H20O7/c1-22-16-6-19-18(27-10-28-19)5-12(16)21-14-8-23-20(13(14)7-24-21)11-2-3-15-17(4-11)26-9-25-15/h2-6,13-14,20-21H,7-10H2,1H3/t13-,14-,20?,21?/m1/s1. The van der Waals surface area contributed by atoms with Gasteiger partial charge in [0.25, 0.3) is 0 Å². The van der Waals surface area contributed by atoms with Crippen molar-refractivity contribution in [2.75, 3.05) is 33.9 Å². The van der Waals surface area contributed by atoms with Crippen molar-refractivity contribution in [3.8, 4) is 28.7 Å². The smallest absolute Gasteiger partial charge is 0.231 e. The maximum absolute atomic E-state index is 6.24. The molecule has 0 saturated carbocycles. The SMILES string of the molecule is COc1cc2c(cc1C1OC[C@H]3C(c4ccc5c(c4)OCO5)OC[C@@H]13)OCO2. The first-order valence-corrected chi connectivity index (χ1v) is 9.42. The van der Waals surface area contributed by atoms with E-state index in [-0.39, 0.29) is 37.6 Å². The second-order valence-electron chi connectivity index (χ2n) is 7.40. The second-order valence-corrected chi connectivity index (χ2v) is 7.40. The fraction of sp³-hybridized carbons (Fsp3) is 0.429. The third-order valence-corrected chi connectivity index (χ3v) is 6.02. The molecule has 6 rings (SSSR count). The van der Waals surface area contributed by atoms with Crippen LogP contribution in [0.5, 0.6) is 28.7 Å². The molecule has 0 aliphatic carbocycles. The van der Waals surface area contributed by atoms with Crippen LogP contribution in [0, 0.1) is 11.8 Å². The third-order valence-electron chi connectivity index (χ3n) is 6.02. The largest absolute Gasteiger partial charge is 0.496 e. The predicted molar refractivity (Wildman–Crippen MR) is 96.0 cm³/mol. The molecule has 0 bridgehead atoms. The van der Waals surface area contributed by atoms with Crippen LogP contribution in [0.3, 0.4) is 0 Å². The van der Waals surface area contributed by atoms with Crippen LogP contribution in [0.4, 0.5) is 0 Å². The fourth-order valence-corrected chi connectivity index (χ4v) is 4.64. The van der Waals surface area contributed by atoms with Crippen molar-refractivity contribution in [2.45, 2.75) is 12.2 Å². The van der Waals surface area contributed by atoms with E-state index in [2.05, 4.69) is 6.07 Å². The van der Waals surface area contributed by atoms with Gasteiger partial charge < -0.3 is 33.2 Å². The topological polar surface area (TPSA) is 64.6 Å². The number of benzene rings is 2. The van der Waals surface area contributed by atoms with E-state index < -0.39 is 0 Å². The molecule has 0 N–H and O–H groups in total. The Kier molecular flexibility index (Phi) is 3.61. The minimum absolute atomic E-state index is 0.0236. The van der Waals surface area contributed by atoms with Crippen LogP contribution in [0.1, 0.15) is 23.3 Å². The van der Waals surface area contributed by atoms with Gasteiger partial charge in [0.15, 0.2) is 23.0 Å². The van der Waals surface area contributed by atoms with Crippen LogP contribution >= 0.6 is 0 Å². The number of ether oxygens (including phenoxy) is 7. The van der Waals surface area contributed by atoms with Crippen molar-refractivity contribution in [1.82, 2.24) is 0 Å². The average molecular weight is 384 g/mol. The Labute approximate surface area is 162 Å². The summed E-state index contributed by atoms with van der Waals surface area (Å²) in [6, 6.07) is 9.86. The highest BCUT2D eigenvalue weighted by Crippen LogP contribution is 2.53. The molecule has 0 radical (unpaired) electrons. The fourth-order valence-electron chi connectivity index (χ4n) is 4.64. The van der Waals surface area contributed by atoms with Crippen molar-refractivity contribution in [3.63, 3.8) is 0 Å². The molecule has 7 nitrogen and oxygen atoms in total. The first kappa shape index (κ1) is 16.3. The highest BCUT2D eigenvalue weighted by Gasteiger charge is 2.49. The lowest BCUT2D eigenvalue weighted by molar-refractivity contribution is 0.0184. The van der Waals surface area contributed by atoms with Gasteiger partial charge in [-0.1, -0.05) is 6.07 Å². The molecule has 0 spiro atoms. The molecule has 0 amide bonds. The zero-order valence-electron chi connectivity index (χ0n) is 15.4. The Morgan fingerprint density at radius 2 is 1.39 bits per heavy atom. The van der Waals surface area contributed by atoms with Gasteiger partial charge in [0.05, 0.1) is 32.5 Å². The summed E-state index contributed by atoms with van der Waals surface area (Å²) >= 11 is 0. The van der Waals surface area contributed by atoms with Crippen molar-refractivity contribution in [3.05, 3.63) is 41.5 Å². The van der Waals surface area contributed by atoms with Crippen molar-refractivity contribution >= 4 is 0 Å². The van der Waals surface area contributed by atoms with Crippen molar-refractivity contribution in [1.29, 1.82) is 0 Å². The molecule has 4 aliphatic rings. The number of fused-ring (bicyclic) bond motifs is 3. The van der Waals surface area contributed by atoms with E-state index in [0.717, 1.165) is 34.1 Å². The molecule has 2 aromatic rings. The molecule has 146 valence electrons. The zero-order chi connectivity index (χ0) is 18.7. The Bertz CT molecular complexity index is 927. The van der Waals surface area contributed by atoms with Gasteiger partial charge >= 0.3 is 0 Å². The molecular weight excluding hydrogens is 364 g/mol. The van der Waals surface area contributed by atoms with Crippen LogP contribution in [0.25, 0.3) is 0 Å². The minimum atomic E-state index is -0.103. The molecule has 4 aliphatic heterocycles. The van der Waals surface area contributed by atoms with Gasteiger partial charge in [-0.2, -0.15) is 0 Å². The zero-order valence-corrected chi connectivity index (χ0v) is 15.4. The van der Waals surface area contributed by atoms with E-state index in [0.29, 0.717) is 19.0 Å². The van der Waals surface area contributed by atoms with Gasteiger partial charge in [-0.25, -0.2) is 0 Å². The van der Waals surface area contributed by atoms with Crippen molar-refractivity contribution in [2.24, 2.45) is 11.8 Å². The van der Waals surface area contributed by atoms with Gasteiger partial charge in [0, 0.05) is 23.5 Å². The molecule has 4 atom stereocenters. The van der Waals surface area contributed by atoms with E-state index in [1.807, 2.05) is 24.3 Å². The lowest BCUT2D eigenvalue weighted by Crippen LogP contribution is -2.15. The highest BCUT2D eigenvalue weighted by atomic mass is 16.7. The number of hydrogen-bond donors (Lipinski definition) is 0. The number of rotatable bonds is 3. The summed E-state index contributed by atoms with van der Waals surface area (Å²) in [5.41, 5.74) is 2.08. The van der Waals surface area contributed by atoms with E-state index >= 15 is 0 Å². The van der Waals surface area contributed by atoms with Gasteiger partial charge in [-0.05, 0) is 23.8 Å². The predicted octanol–water partition coefficient (Wildman–Crippen LogP) is 3.23. The number of hydrogen-bond acceptors (Lipinski definition) is 7. The second kappa shape index (κ2) is 6.18. The molecular formula is C21H20O7. The summed E-state index contributed by atoms with van der Waals surface area (Å²) < 4.78 is 40.0. The van der Waals surface area contributed by atoms with Crippen molar-refractivity contribution < 1.29 is 33.2 Å². The summed E-state index contributed by atoms with van der Waals surface area (Å²) in [6.07, 6.45) is -0.127. The van der Waals surface area contributed by atoms with Crippen LogP contribution in [-0.4, -0.2) is 33.9 Å². The molecule has 28 heavy (non-hydrogen) atoms. The van der Waals surface area contributed by atoms with Crippen LogP contribution in [0.15, 0.2) is 30.3 Å². The lowest BCUT2D eigenvalue weighted by atomic mass is 9.84. The number of methoxy groups -OCH3 is 1. The third kappa shape index (κ3) is 2.36. The molecule has 7 heteroatoms. The summed E-state index contributed by atoms with van der Waals surface area (Å²) in [4.78, 5) is 0. The Morgan fingerprint density at radius 3 is 2.18 bits per heavy atom. The maximum Gasteiger partial charge on any atom is 0.231 e. The van der Waals surface area contributed by atoms with E-state index in [1.165, 1.54) is 0 Å². The maximum atomic E-state index is 6.24. The van der Waals surface area contributed by atoms with Crippen LogP contribution < -0.4 is 23.7 Å². The Balaban J connectivity index is 1.30. The summed E-state index contributed by atoms with van der Waals surface area (Å²) in [7, 11) is 1.66.